The van der Waals surface area contributed by atoms with Crippen LogP contribution in [0.5, 0.6) is 0 Å². The minimum Gasteiger partial charge on any atom is -0.476 e. The molecule has 0 unspecified atom stereocenters. The number of thiazole rings is 1. The molecule has 0 aliphatic carbocycles. The van der Waals surface area contributed by atoms with Crippen molar-refractivity contribution in [1.82, 2.24) is 20.1 Å². The van der Waals surface area contributed by atoms with Crippen LogP contribution in [0.1, 0.15) is 52.0 Å². The van der Waals surface area contributed by atoms with Crippen LogP contribution in [0.2, 0.25) is 0 Å². The van der Waals surface area contributed by atoms with Crippen LogP contribution < -0.4 is 5.32 Å². The fraction of sp³-hybridized carbons (Fsp3) is 0.263. The van der Waals surface area contributed by atoms with Gasteiger partial charge >= 0.3 is 5.97 Å². The highest BCUT2D eigenvalue weighted by molar-refractivity contribution is 7.13. The molecule has 8 heteroatoms. The number of aromatic carboxylic acids is 1. The Morgan fingerprint density at radius 2 is 2.07 bits per heavy atom. The Kier molecular flexibility index (Phi) is 5.36. The minimum absolute atomic E-state index is 0.0332. The number of carboxylic acid groups (broad SMARTS) is 1. The molecule has 27 heavy (non-hydrogen) atoms. The van der Waals surface area contributed by atoms with E-state index in [-0.39, 0.29) is 17.5 Å². The van der Waals surface area contributed by atoms with Crippen LogP contribution in [-0.4, -0.2) is 31.7 Å². The predicted molar refractivity (Wildman–Crippen MR) is 103 cm³/mol. The molecule has 0 aliphatic heterocycles. The molecule has 0 spiro atoms. The van der Waals surface area contributed by atoms with Gasteiger partial charge in [-0.3, -0.25) is 9.48 Å². The van der Waals surface area contributed by atoms with Gasteiger partial charge in [-0.25, -0.2) is 9.78 Å². The summed E-state index contributed by atoms with van der Waals surface area (Å²) in [6.45, 7) is 4.42. The van der Waals surface area contributed by atoms with Gasteiger partial charge in [0.1, 0.15) is 10.7 Å². The summed E-state index contributed by atoms with van der Waals surface area (Å²) in [5, 5.41) is 18.4. The van der Waals surface area contributed by atoms with Gasteiger partial charge in [0.15, 0.2) is 5.69 Å². The normalized spacial score (nSPS) is 11.0. The van der Waals surface area contributed by atoms with Crippen LogP contribution in [0, 0.1) is 0 Å². The van der Waals surface area contributed by atoms with Crippen molar-refractivity contribution in [2.75, 3.05) is 0 Å². The molecular formula is C19H20N4O3S. The quantitative estimate of drug-likeness (QED) is 0.680. The minimum atomic E-state index is -1.04. The van der Waals surface area contributed by atoms with Gasteiger partial charge in [-0.15, -0.1) is 11.3 Å². The van der Waals surface area contributed by atoms with E-state index in [1.54, 1.807) is 17.8 Å². The van der Waals surface area contributed by atoms with Crippen molar-refractivity contribution in [3.63, 3.8) is 0 Å². The molecule has 7 nitrogen and oxygen atoms in total. The van der Waals surface area contributed by atoms with Crippen molar-refractivity contribution in [3.8, 4) is 10.6 Å². The van der Waals surface area contributed by atoms with Crippen LogP contribution in [0.25, 0.3) is 10.6 Å². The number of carbonyl (C=O) groups is 2. The number of carboxylic acids is 1. The lowest BCUT2D eigenvalue weighted by Gasteiger charge is -2.06. The summed E-state index contributed by atoms with van der Waals surface area (Å²) >= 11 is 1.28. The zero-order valence-electron chi connectivity index (χ0n) is 15.3. The maximum absolute atomic E-state index is 12.5. The van der Waals surface area contributed by atoms with Gasteiger partial charge in [0.25, 0.3) is 5.91 Å². The predicted octanol–water partition coefficient (Wildman–Crippen LogP) is 3.30. The Hall–Kier alpha value is -3.00. The van der Waals surface area contributed by atoms with E-state index in [4.69, 9.17) is 5.11 Å². The van der Waals surface area contributed by atoms with E-state index in [0.717, 1.165) is 16.8 Å². The highest BCUT2D eigenvalue weighted by atomic mass is 32.1. The molecule has 140 valence electrons. The fourth-order valence-corrected chi connectivity index (χ4v) is 3.37. The van der Waals surface area contributed by atoms with Crippen molar-refractivity contribution in [2.45, 2.75) is 26.3 Å². The van der Waals surface area contributed by atoms with Crippen molar-refractivity contribution < 1.29 is 14.7 Å². The zero-order valence-corrected chi connectivity index (χ0v) is 16.1. The second-order valence-electron chi connectivity index (χ2n) is 6.46. The van der Waals surface area contributed by atoms with Crippen LogP contribution in [-0.2, 0) is 13.6 Å². The summed E-state index contributed by atoms with van der Waals surface area (Å²) in [6.07, 6.45) is 0. The SMILES string of the molecule is CC(C)c1cc(C(=O)NCc2cccc(-c3nc(C(=O)O)cs3)c2)n(C)n1. The lowest BCUT2D eigenvalue weighted by atomic mass is 10.1. The molecule has 3 aromatic rings. The summed E-state index contributed by atoms with van der Waals surface area (Å²) < 4.78 is 1.59. The first kappa shape index (κ1) is 18.8. The van der Waals surface area contributed by atoms with E-state index in [1.807, 2.05) is 38.1 Å². The topological polar surface area (TPSA) is 97.1 Å². The first-order chi connectivity index (χ1) is 12.8. The highest BCUT2D eigenvalue weighted by Gasteiger charge is 2.15. The summed E-state index contributed by atoms with van der Waals surface area (Å²) in [4.78, 5) is 27.6. The van der Waals surface area contributed by atoms with Gasteiger partial charge in [0.05, 0.1) is 5.69 Å². The largest absolute Gasteiger partial charge is 0.476 e. The number of nitrogens with one attached hydrogen (secondary N) is 1. The average molecular weight is 384 g/mol. The molecule has 0 atom stereocenters. The molecule has 0 radical (unpaired) electrons. The molecule has 0 saturated carbocycles. The third-order valence-electron chi connectivity index (χ3n) is 4.07. The average Bonchev–Trinajstić information content (AvgIpc) is 3.27. The van der Waals surface area contributed by atoms with E-state index >= 15 is 0 Å². The van der Waals surface area contributed by atoms with Crippen LogP contribution >= 0.6 is 11.3 Å². The van der Waals surface area contributed by atoms with E-state index in [9.17, 15) is 9.59 Å². The molecular weight excluding hydrogens is 364 g/mol. The number of carbonyl (C=O) groups excluding carboxylic acids is 1. The number of aromatic nitrogens is 3. The number of rotatable bonds is 6. The molecule has 2 heterocycles. The van der Waals surface area contributed by atoms with Crippen molar-refractivity contribution in [3.05, 3.63) is 58.4 Å². The van der Waals surface area contributed by atoms with Crippen molar-refractivity contribution >= 4 is 23.2 Å². The number of nitrogens with zero attached hydrogens (tertiary/aromatic N) is 3. The molecule has 3 rings (SSSR count). The lowest BCUT2D eigenvalue weighted by Crippen LogP contribution is -2.25. The maximum Gasteiger partial charge on any atom is 0.355 e. The number of aryl methyl sites for hydroxylation is 1. The maximum atomic E-state index is 12.5. The lowest BCUT2D eigenvalue weighted by molar-refractivity contribution is 0.0691. The molecule has 0 saturated heterocycles. The van der Waals surface area contributed by atoms with E-state index in [2.05, 4.69) is 15.4 Å². The fourth-order valence-electron chi connectivity index (χ4n) is 2.58. The summed E-state index contributed by atoms with van der Waals surface area (Å²) in [6, 6.07) is 9.33. The van der Waals surface area contributed by atoms with Crippen molar-refractivity contribution in [2.24, 2.45) is 7.05 Å². The standard InChI is InChI=1S/C19H20N4O3S/c1-11(2)14-8-16(23(3)22-14)17(24)20-9-12-5-4-6-13(7-12)18-21-15(10-27-18)19(25)26/h4-8,10-11H,9H2,1-3H3,(H,20,24)(H,25,26). The first-order valence-electron chi connectivity index (χ1n) is 8.45. The van der Waals surface area contributed by atoms with Gasteiger partial charge < -0.3 is 10.4 Å². The second-order valence-corrected chi connectivity index (χ2v) is 7.32. The summed E-state index contributed by atoms with van der Waals surface area (Å²) in [5.74, 6) is -0.981. The van der Waals surface area contributed by atoms with Gasteiger partial charge in [-0.2, -0.15) is 5.10 Å². The van der Waals surface area contributed by atoms with E-state index in [0.29, 0.717) is 17.2 Å². The first-order valence-corrected chi connectivity index (χ1v) is 9.33. The number of hydrogen-bond donors (Lipinski definition) is 2. The number of hydrogen-bond acceptors (Lipinski definition) is 5. The molecule has 2 N–H and O–H groups in total. The molecule has 1 aromatic carbocycles. The van der Waals surface area contributed by atoms with Crippen LogP contribution in [0.4, 0.5) is 0 Å². The van der Waals surface area contributed by atoms with E-state index < -0.39 is 5.97 Å². The zero-order chi connectivity index (χ0) is 19.6. The van der Waals surface area contributed by atoms with Crippen molar-refractivity contribution in [1.29, 1.82) is 0 Å². The Balaban J connectivity index is 1.71. The molecule has 0 bridgehead atoms. The van der Waals surface area contributed by atoms with Crippen LogP contribution in [0.15, 0.2) is 35.7 Å². The summed E-state index contributed by atoms with van der Waals surface area (Å²) in [5.41, 5.74) is 3.15. The van der Waals surface area contributed by atoms with Gasteiger partial charge in [0, 0.05) is 24.5 Å². The Bertz CT molecular complexity index is 991. The second kappa shape index (κ2) is 7.71. The van der Waals surface area contributed by atoms with Gasteiger partial charge in [-0.05, 0) is 23.6 Å². The van der Waals surface area contributed by atoms with Crippen LogP contribution in [0.3, 0.4) is 0 Å². The molecule has 0 aliphatic rings. The Morgan fingerprint density at radius 1 is 1.30 bits per heavy atom. The molecule has 0 fully saturated rings. The monoisotopic (exact) mass is 384 g/mol. The molecule has 2 aromatic heterocycles. The third-order valence-corrected chi connectivity index (χ3v) is 4.96. The number of amides is 1. The van der Waals surface area contributed by atoms with Gasteiger partial charge in [-0.1, -0.05) is 32.0 Å². The third kappa shape index (κ3) is 4.22. The molecule has 1 amide bonds. The van der Waals surface area contributed by atoms with E-state index in [1.165, 1.54) is 16.7 Å². The highest BCUT2D eigenvalue weighted by Crippen LogP contribution is 2.24. The Morgan fingerprint density at radius 3 is 2.70 bits per heavy atom. The van der Waals surface area contributed by atoms with Gasteiger partial charge in [0.2, 0.25) is 0 Å². The summed E-state index contributed by atoms with van der Waals surface area (Å²) in [7, 11) is 1.75. The Labute approximate surface area is 160 Å². The smallest absolute Gasteiger partial charge is 0.355 e. The number of benzene rings is 1.